The van der Waals surface area contributed by atoms with Crippen molar-refractivity contribution in [3.8, 4) is 11.6 Å². The first-order valence-electron chi connectivity index (χ1n) is 8.87. The molecule has 2 aromatic rings. The first-order valence-corrected chi connectivity index (χ1v) is 8.87. The summed E-state index contributed by atoms with van der Waals surface area (Å²) in [7, 11) is 3.58. The minimum Gasteiger partial charge on any atom is -0.435 e. The molecule has 0 spiro atoms. The van der Waals surface area contributed by atoms with Gasteiger partial charge in [0.2, 0.25) is 11.8 Å². The standard InChI is InChI=1S/C19H25N5O2/c1-14-16(5-4-8-20-14)26-19-18(21-9-10-22-19)15-6-11-24(12-7-15)13-17(25)23(2)3/h4-5,8-10,15H,6-7,11-13H2,1-3H3. The smallest absolute Gasteiger partial charge is 0.241 e. The van der Waals surface area contributed by atoms with Gasteiger partial charge in [-0.15, -0.1) is 0 Å². The van der Waals surface area contributed by atoms with Crippen LogP contribution in [0.15, 0.2) is 30.7 Å². The summed E-state index contributed by atoms with van der Waals surface area (Å²) in [5.74, 6) is 1.66. The lowest BCUT2D eigenvalue weighted by atomic mass is 9.93. The topological polar surface area (TPSA) is 71.5 Å². The average Bonchev–Trinajstić information content (AvgIpc) is 2.65. The summed E-state index contributed by atoms with van der Waals surface area (Å²) in [6.07, 6.45) is 6.96. The second kappa shape index (κ2) is 8.23. The van der Waals surface area contributed by atoms with Crippen LogP contribution in [-0.4, -0.2) is 64.4 Å². The van der Waals surface area contributed by atoms with Gasteiger partial charge in [0.25, 0.3) is 0 Å². The van der Waals surface area contributed by atoms with Crippen molar-refractivity contribution in [2.45, 2.75) is 25.7 Å². The lowest BCUT2D eigenvalue weighted by Crippen LogP contribution is -2.40. The zero-order valence-corrected chi connectivity index (χ0v) is 15.6. The van der Waals surface area contributed by atoms with Gasteiger partial charge in [0.1, 0.15) is 5.69 Å². The summed E-state index contributed by atoms with van der Waals surface area (Å²) < 4.78 is 6.01. The normalized spacial score (nSPS) is 15.7. The zero-order chi connectivity index (χ0) is 18.5. The Morgan fingerprint density at radius 3 is 2.62 bits per heavy atom. The molecule has 1 aliphatic heterocycles. The monoisotopic (exact) mass is 355 g/mol. The first-order chi connectivity index (χ1) is 12.5. The van der Waals surface area contributed by atoms with E-state index >= 15 is 0 Å². The molecule has 1 saturated heterocycles. The van der Waals surface area contributed by atoms with Gasteiger partial charge in [-0.1, -0.05) is 0 Å². The molecule has 138 valence electrons. The van der Waals surface area contributed by atoms with Crippen LogP contribution in [0.25, 0.3) is 0 Å². The van der Waals surface area contributed by atoms with E-state index in [1.807, 2.05) is 19.1 Å². The molecule has 0 bridgehead atoms. The van der Waals surface area contributed by atoms with Crippen molar-refractivity contribution in [3.63, 3.8) is 0 Å². The van der Waals surface area contributed by atoms with Crippen LogP contribution in [0, 0.1) is 6.92 Å². The highest BCUT2D eigenvalue weighted by Crippen LogP contribution is 2.33. The summed E-state index contributed by atoms with van der Waals surface area (Å²) in [6.45, 7) is 4.11. The van der Waals surface area contributed by atoms with Gasteiger partial charge in [-0.25, -0.2) is 4.98 Å². The molecule has 0 aliphatic carbocycles. The lowest BCUT2D eigenvalue weighted by Gasteiger charge is -2.32. The summed E-state index contributed by atoms with van der Waals surface area (Å²) in [5.41, 5.74) is 1.70. The van der Waals surface area contributed by atoms with Crippen LogP contribution in [0.3, 0.4) is 0 Å². The maximum absolute atomic E-state index is 11.9. The van der Waals surface area contributed by atoms with E-state index in [2.05, 4.69) is 19.9 Å². The van der Waals surface area contributed by atoms with Crippen molar-refractivity contribution in [2.24, 2.45) is 0 Å². The molecule has 1 aliphatic rings. The molecule has 7 nitrogen and oxygen atoms in total. The van der Waals surface area contributed by atoms with E-state index in [9.17, 15) is 4.79 Å². The predicted octanol–water partition coefficient (Wildman–Crippen LogP) is 2.24. The van der Waals surface area contributed by atoms with Gasteiger partial charge in [-0.05, 0) is 45.0 Å². The summed E-state index contributed by atoms with van der Waals surface area (Å²) in [5, 5.41) is 0. The fourth-order valence-electron chi connectivity index (χ4n) is 3.07. The van der Waals surface area contributed by atoms with Gasteiger partial charge in [0.05, 0.1) is 12.2 Å². The number of pyridine rings is 1. The minimum atomic E-state index is 0.138. The van der Waals surface area contributed by atoms with Crippen molar-refractivity contribution in [3.05, 3.63) is 42.1 Å². The number of carbonyl (C=O) groups excluding carboxylic acids is 1. The molecule has 26 heavy (non-hydrogen) atoms. The summed E-state index contributed by atoms with van der Waals surface area (Å²) in [6, 6.07) is 3.73. The summed E-state index contributed by atoms with van der Waals surface area (Å²) >= 11 is 0. The zero-order valence-electron chi connectivity index (χ0n) is 15.6. The van der Waals surface area contributed by atoms with Gasteiger partial charge in [-0.2, -0.15) is 0 Å². The van der Waals surface area contributed by atoms with E-state index in [4.69, 9.17) is 4.74 Å². The van der Waals surface area contributed by atoms with Crippen molar-refractivity contribution in [1.82, 2.24) is 24.8 Å². The molecule has 1 fully saturated rings. The fourth-order valence-corrected chi connectivity index (χ4v) is 3.07. The van der Waals surface area contributed by atoms with Crippen LogP contribution >= 0.6 is 0 Å². The molecule has 0 N–H and O–H groups in total. The van der Waals surface area contributed by atoms with E-state index in [-0.39, 0.29) is 11.8 Å². The molecule has 7 heteroatoms. The number of aromatic nitrogens is 3. The van der Waals surface area contributed by atoms with Gasteiger partial charge in [0, 0.05) is 38.6 Å². The van der Waals surface area contributed by atoms with Crippen LogP contribution < -0.4 is 4.74 Å². The number of aryl methyl sites for hydroxylation is 1. The van der Waals surface area contributed by atoms with Crippen LogP contribution in [0.5, 0.6) is 11.6 Å². The van der Waals surface area contributed by atoms with E-state index in [1.54, 1.807) is 37.6 Å². The largest absolute Gasteiger partial charge is 0.435 e. The van der Waals surface area contributed by atoms with Crippen LogP contribution in [0.4, 0.5) is 0 Å². The Morgan fingerprint density at radius 1 is 1.19 bits per heavy atom. The molecule has 0 aromatic carbocycles. The third-order valence-corrected chi connectivity index (χ3v) is 4.69. The number of rotatable bonds is 5. The minimum absolute atomic E-state index is 0.138. The molecule has 0 radical (unpaired) electrons. The highest BCUT2D eigenvalue weighted by molar-refractivity contribution is 5.77. The quantitative estimate of drug-likeness (QED) is 0.819. The number of hydrogen-bond acceptors (Lipinski definition) is 6. The van der Waals surface area contributed by atoms with Crippen molar-refractivity contribution >= 4 is 5.91 Å². The van der Waals surface area contributed by atoms with Gasteiger partial charge < -0.3 is 9.64 Å². The second-order valence-corrected chi connectivity index (χ2v) is 6.77. The molecule has 1 amide bonds. The number of likely N-dealkylation sites (N-methyl/N-ethyl adjacent to an activating group) is 1. The van der Waals surface area contributed by atoms with Crippen molar-refractivity contribution < 1.29 is 9.53 Å². The van der Waals surface area contributed by atoms with Crippen LogP contribution in [0.1, 0.15) is 30.1 Å². The molecule has 0 saturated carbocycles. The average molecular weight is 355 g/mol. The van der Waals surface area contributed by atoms with Gasteiger partial charge in [-0.3, -0.25) is 19.7 Å². The third kappa shape index (κ3) is 4.35. The second-order valence-electron chi connectivity index (χ2n) is 6.77. The number of ether oxygens (including phenoxy) is 1. The molecular weight excluding hydrogens is 330 g/mol. The molecule has 2 aromatic heterocycles. The van der Waals surface area contributed by atoms with Gasteiger partial charge in [0.15, 0.2) is 5.75 Å². The predicted molar refractivity (Wildman–Crippen MR) is 98.2 cm³/mol. The number of amides is 1. The number of hydrogen-bond donors (Lipinski definition) is 0. The third-order valence-electron chi connectivity index (χ3n) is 4.69. The number of piperidine rings is 1. The van der Waals surface area contributed by atoms with E-state index in [0.717, 1.165) is 37.3 Å². The lowest BCUT2D eigenvalue weighted by molar-refractivity contribution is -0.130. The Labute approximate surface area is 154 Å². The molecule has 0 atom stereocenters. The highest BCUT2D eigenvalue weighted by Gasteiger charge is 2.26. The first kappa shape index (κ1) is 18.3. The van der Waals surface area contributed by atoms with Crippen molar-refractivity contribution in [2.75, 3.05) is 33.7 Å². The Balaban J connectivity index is 1.68. The number of nitrogens with zero attached hydrogens (tertiary/aromatic N) is 5. The SMILES string of the molecule is Cc1ncccc1Oc1nccnc1C1CCN(CC(=O)N(C)C)CC1. The molecular formula is C19H25N5O2. The Kier molecular flexibility index (Phi) is 5.78. The van der Waals surface area contributed by atoms with E-state index in [1.165, 1.54) is 0 Å². The van der Waals surface area contributed by atoms with Gasteiger partial charge >= 0.3 is 0 Å². The van der Waals surface area contributed by atoms with Crippen LogP contribution in [-0.2, 0) is 4.79 Å². The Hall–Kier alpha value is -2.54. The molecule has 3 rings (SSSR count). The van der Waals surface area contributed by atoms with Crippen molar-refractivity contribution in [1.29, 1.82) is 0 Å². The molecule has 3 heterocycles. The maximum Gasteiger partial charge on any atom is 0.241 e. The van der Waals surface area contributed by atoms with E-state index < -0.39 is 0 Å². The maximum atomic E-state index is 11.9. The highest BCUT2D eigenvalue weighted by atomic mass is 16.5. The van der Waals surface area contributed by atoms with E-state index in [0.29, 0.717) is 18.2 Å². The molecule has 0 unspecified atom stereocenters. The fraction of sp³-hybridized carbons (Fsp3) is 0.474. The number of carbonyl (C=O) groups is 1. The Morgan fingerprint density at radius 2 is 1.92 bits per heavy atom. The number of likely N-dealkylation sites (tertiary alicyclic amines) is 1. The Bertz CT molecular complexity index is 757. The summed E-state index contributed by atoms with van der Waals surface area (Å²) in [4.78, 5) is 28.9. The van der Waals surface area contributed by atoms with Crippen LogP contribution in [0.2, 0.25) is 0 Å².